The number of hydrogen-bond acceptors (Lipinski definition) is 3. The molecule has 2 rings (SSSR count). The smallest absolute Gasteiger partial charge is 0.199 e. The molecule has 4 heteroatoms. The number of methoxy groups -OCH3 is 1. The van der Waals surface area contributed by atoms with Gasteiger partial charge in [0.1, 0.15) is 5.82 Å². The molecule has 0 saturated carbocycles. The largest absolute Gasteiger partial charge is 0.482 e. The predicted molar refractivity (Wildman–Crippen MR) is 63.6 cm³/mol. The zero-order valence-corrected chi connectivity index (χ0v) is 9.73. The Bertz CT molecular complexity index is 490. The second-order valence-electron chi connectivity index (χ2n) is 3.72. The van der Waals surface area contributed by atoms with Crippen LogP contribution in [0.2, 0.25) is 0 Å². The van der Waals surface area contributed by atoms with E-state index in [9.17, 15) is 0 Å². The second-order valence-corrected chi connectivity index (χ2v) is 3.72. The van der Waals surface area contributed by atoms with Gasteiger partial charge in [-0.15, -0.1) is 0 Å². The standard InChI is InChI=1S/C12H17N3O/c1-3-5-11-14-9(8-13)10-6-4-7-12(16-2)15(10)11/h4,6-7H,3,5,8,13H2,1-2H3. The van der Waals surface area contributed by atoms with Gasteiger partial charge in [-0.2, -0.15) is 0 Å². The maximum Gasteiger partial charge on any atom is 0.199 e. The van der Waals surface area contributed by atoms with Gasteiger partial charge in [-0.25, -0.2) is 4.98 Å². The van der Waals surface area contributed by atoms with Crippen LogP contribution in [0.1, 0.15) is 24.9 Å². The highest BCUT2D eigenvalue weighted by molar-refractivity contribution is 5.55. The monoisotopic (exact) mass is 219 g/mol. The van der Waals surface area contributed by atoms with Gasteiger partial charge >= 0.3 is 0 Å². The third kappa shape index (κ3) is 1.65. The Balaban J connectivity index is 2.69. The van der Waals surface area contributed by atoms with E-state index in [1.807, 2.05) is 22.6 Å². The van der Waals surface area contributed by atoms with Crippen LogP contribution in [-0.4, -0.2) is 16.5 Å². The van der Waals surface area contributed by atoms with Crippen molar-refractivity contribution in [2.24, 2.45) is 5.73 Å². The zero-order valence-electron chi connectivity index (χ0n) is 9.73. The third-order valence-corrected chi connectivity index (χ3v) is 2.65. The van der Waals surface area contributed by atoms with Crippen LogP contribution in [0.15, 0.2) is 18.2 Å². The molecule has 4 nitrogen and oxygen atoms in total. The molecule has 16 heavy (non-hydrogen) atoms. The quantitative estimate of drug-likeness (QED) is 0.852. The van der Waals surface area contributed by atoms with Gasteiger partial charge in [-0.3, -0.25) is 4.40 Å². The van der Waals surface area contributed by atoms with Gasteiger partial charge in [0.15, 0.2) is 5.88 Å². The average Bonchev–Trinajstić information content (AvgIpc) is 2.68. The molecule has 2 N–H and O–H groups in total. The van der Waals surface area contributed by atoms with Crippen LogP contribution in [0.3, 0.4) is 0 Å². The van der Waals surface area contributed by atoms with Crippen molar-refractivity contribution in [2.45, 2.75) is 26.3 Å². The van der Waals surface area contributed by atoms with Crippen molar-refractivity contribution in [1.29, 1.82) is 0 Å². The van der Waals surface area contributed by atoms with Crippen LogP contribution < -0.4 is 10.5 Å². The zero-order chi connectivity index (χ0) is 11.5. The number of aryl methyl sites for hydroxylation is 1. The van der Waals surface area contributed by atoms with Gasteiger partial charge < -0.3 is 10.5 Å². The molecule has 0 fully saturated rings. The Morgan fingerprint density at radius 3 is 2.88 bits per heavy atom. The van der Waals surface area contributed by atoms with E-state index in [2.05, 4.69) is 11.9 Å². The highest BCUT2D eigenvalue weighted by Crippen LogP contribution is 2.21. The summed E-state index contributed by atoms with van der Waals surface area (Å²) in [5.74, 6) is 1.84. The van der Waals surface area contributed by atoms with E-state index < -0.39 is 0 Å². The minimum absolute atomic E-state index is 0.459. The Hall–Kier alpha value is -1.55. The molecule has 2 heterocycles. The van der Waals surface area contributed by atoms with Gasteiger partial charge in [0, 0.05) is 13.0 Å². The number of imidazole rings is 1. The second kappa shape index (κ2) is 4.53. The summed E-state index contributed by atoms with van der Waals surface area (Å²) in [5, 5.41) is 0. The number of hydrogen-bond donors (Lipinski definition) is 1. The molecular formula is C12H17N3O. The number of pyridine rings is 1. The number of nitrogens with two attached hydrogens (primary N) is 1. The summed E-state index contributed by atoms with van der Waals surface area (Å²) in [7, 11) is 1.67. The summed E-state index contributed by atoms with van der Waals surface area (Å²) in [6.07, 6.45) is 1.99. The fourth-order valence-corrected chi connectivity index (χ4v) is 1.94. The number of nitrogens with zero attached hydrogens (tertiary/aromatic N) is 2. The lowest BCUT2D eigenvalue weighted by atomic mass is 10.3. The van der Waals surface area contributed by atoms with Gasteiger partial charge in [-0.05, 0) is 18.6 Å². The molecule has 0 aliphatic rings. The summed E-state index contributed by atoms with van der Waals surface area (Å²) >= 11 is 0. The van der Waals surface area contributed by atoms with Crippen molar-refractivity contribution in [3.63, 3.8) is 0 Å². The van der Waals surface area contributed by atoms with Crippen LogP contribution in [0.5, 0.6) is 5.88 Å². The molecule has 2 aromatic rings. The molecule has 0 bridgehead atoms. The number of fused-ring (bicyclic) bond motifs is 1. The first-order chi connectivity index (χ1) is 7.81. The van der Waals surface area contributed by atoms with Crippen molar-refractivity contribution < 1.29 is 4.74 Å². The fourth-order valence-electron chi connectivity index (χ4n) is 1.94. The molecule has 0 aliphatic heterocycles. The van der Waals surface area contributed by atoms with E-state index in [0.29, 0.717) is 6.54 Å². The van der Waals surface area contributed by atoms with Gasteiger partial charge in [-0.1, -0.05) is 13.0 Å². The van der Waals surface area contributed by atoms with E-state index in [0.717, 1.165) is 35.8 Å². The highest BCUT2D eigenvalue weighted by Gasteiger charge is 2.12. The lowest BCUT2D eigenvalue weighted by Crippen LogP contribution is -1.98. The minimum atomic E-state index is 0.459. The lowest BCUT2D eigenvalue weighted by molar-refractivity contribution is 0.390. The number of aromatic nitrogens is 2. The fraction of sp³-hybridized carbons (Fsp3) is 0.417. The molecule has 0 amide bonds. The van der Waals surface area contributed by atoms with Gasteiger partial charge in [0.2, 0.25) is 0 Å². The van der Waals surface area contributed by atoms with Crippen molar-refractivity contribution in [2.75, 3.05) is 7.11 Å². The Labute approximate surface area is 95.0 Å². The molecule has 0 aromatic carbocycles. The first kappa shape index (κ1) is 11.0. The highest BCUT2D eigenvalue weighted by atomic mass is 16.5. The topological polar surface area (TPSA) is 52.5 Å². The first-order valence-electron chi connectivity index (χ1n) is 5.55. The Morgan fingerprint density at radius 2 is 2.25 bits per heavy atom. The Kier molecular flexibility index (Phi) is 3.10. The van der Waals surface area contributed by atoms with E-state index in [-0.39, 0.29) is 0 Å². The molecule has 0 spiro atoms. The molecule has 0 aliphatic carbocycles. The third-order valence-electron chi connectivity index (χ3n) is 2.65. The molecule has 0 saturated heterocycles. The number of ether oxygens (including phenoxy) is 1. The van der Waals surface area contributed by atoms with Crippen LogP contribution >= 0.6 is 0 Å². The first-order valence-corrected chi connectivity index (χ1v) is 5.55. The molecule has 86 valence electrons. The number of rotatable bonds is 4. The molecule has 0 unspecified atom stereocenters. The summed E-state index contributed by atoms with van der Waals surface area (Å²) in [5.41, 5.74) is 7.68. The van der Waals surface area contributed by atoms with Crippen LogP contribution in [0.4, 0.5) is 0 Å². The van der Waals surface area contributed by atoms with Crippen LogP contribution in [0.25, 0.3) is 5.52 Å². The normalized spacial score (nSPS) is 10.9. The molecular weight excluding hydrogens is 202 g/mol. The average molecular weight is 219 g/mol. The summed E-state index contributed by atoms with van der Waals surface area (Å²) in [4.78, 5) is 4.56. The van der Waals surface area contributed by atoms with E-state index in [4.69, 9.17) is 10.5 Å². The minimum Gasteiger partial charge on any atom is -0.482 e. The maximum atomic E-state index is 5.70. The predicted octanol–water partition coefficient (Wildman–Crippen LogP) is 1.75. The van der Waals surface area contributed by atoms with E-state index in [1.165, 1.54) is 0 Å². The van der Waals surface area contributed by atoms with Crippen molar-refractivity contribution >= 4 is 5.52 Å². The molecule has 2 aromatic heterocycles. The van der Waals surface area contributed by atoms with Crippen molar-refractivity contribution in [3.8, 4) is 5.88 Å². The SMILES string of the molecule is CCCc1nc(CN)c2cccc(OC)n12. The van der Waals surface area contributed by atoms with E-state index >= 15 is 0 Å². The van der Waals surface area contributed by atoms with Crippen LogP contribution in [-0.2, 0) is 13.0 Å². The van der Waals surface area contributed by atoms with Crippen molar-refractivity contribution in [3.05, 3.63) is 29.7 Å². The van der Waals surface area contributed by atoms with Crippen LogP contribution in [0, 0.1) is 0 Å². The Morgan fingerprint density at radius 1 is 1.44 bits per heavy atom. The summed E-state index contributed by atoms with van der Waals surface area (Å²) < 4.78 is 7.40. The summed E-state index contributed by atoms with van der Waals surface area (Å²) in [6.45, 7) is 2.60. The van der Waals surface area contributed by atoms with Gasteiger partial charge in [0.05, 0.1) is 18.3 Å². The van der Waals surface area contributed by atoms with E-state index in [1.54, 1.807) is 7.11 Å². The van der Waals surface area contributed by atoms with Crippen molar-refractivity contribution in [1.82, 2.24) is 9.38 Å². The summed E-state index contributed by atoms with van der Waals surface area (Å²) in [6, 6.07) is 5.93. The molecule has 0 atom stereocenters. The lowest BCUT2D eigenvalue weighted by Gasteiger charge is -2.06. The maximum absolute atomic E-state index is 5.70. The molecule has 0 radical (unpaired) electrons. The van der Waals surface area contributed by atoms with Gasteiger partial charge in [0.25, 0.3) is 0 Å².